The molecule has 0 N–H and O–H groups in total. The van der Waals surface area contributed by atoms with Gasteiger partial charge in [0.05, 0.1) is 0 Å². The zero-order valence-electron chi connectivity index (χ0n) is 21.3. The predicted octanol–water partition coefficient (Wildman–Crippen LogP) is 7.06. The summed E-state index contributed by atoms with van der Waals surface area (Å²) in [6, 6.07) is 11.8. The number of hydrogen-bond donors (Lipinski definition) is 0. The second-order valence-corrected chi connectivity index (χ2v) is 21.8. The van der Waals surface area contributed by atoms with Gasteiger partial charge in [-0.05, 0) is 54.7 Å². The van der Waals surface area contributed by atoms with Crippen LogP contribution in [0.15, 0.2) is 30.3 Å². The van der Waals surface area contributed by atoms with Crippen molar-refractivity contribution in [3.05, 3.63) is 35.9 Å². The Kier molecular flexibility index (Phi) is 8.23. The van der Waals surface area contributed by atoms with Crippen molar-refractivity contribution in [1.29, 1.82) is 0 Å². The van der Waals surface area contributed by atoms with E-state index in [9.17, 15) is 0 Å². The zero-order valence-corrected chi connectivity index (χ0v) is 23.3. The molecule has 3 nitrogen and oxygen atoms in total. The largest absolute Gasteiger partial charge is 0.415 e. The molecule has 0 amide bonds. The van der Waals surface area contributed by atoms with Crippen LogP contribution < -0.4 is 0 Å². The highest BCUT2D eigenvalue weighted by Gasteiger charge is 2.42. The molecule has 2 rings (SSSR count). The summed E-state index contributed by atoms with van der Waals surface area (Å²) in [5.41, 5.74) is 1.38. The Hall–Kier alpha value is -0.466. The third kappa shape index (κ3) is 6.52. The molecule has 0 aromatic heterocycles. The molecule has 1 aliphatic heterocycles. The van der Waals surface area contributed by atoms with Gasteiger partial charge in [-0.25, -0.2) is 0 Å². The Morgan fingerprint density at radius 2 is 1.17 bits per heavy atom. The minimum Gasteiger partial charge on any atom is -0.415 e. The first kappa shape index (κ1) is 25.8. The van der Waals surface area contributed by atoms with Crippen molar-refractivity contribution in [2.24, 2.45) is 0 Å². The van der Waals surface area contributed by atoms with Crippen LogP contribution in [-0.2, 0) is 15.4 Å². The summed E-state index contributed by atoms with van der Waals surface area (Å²) in [6.07, 6.45) is 2.40. The summed E-state index contributed by atoms with van der Waals surface area (Å²) in [5, 5.41) is 0.501. The minimum absolute atomic E-state index is 0.251. The fourth-order valence-corrected chi connectivity index (χ4v) is 5.55. The van der Waals surface area contributed by atoms with Gasteiger partial charge in [-0.1, -0.05) is 71.9 Å². The lowest BCUT2D eigenvalue weighted by molar-refractivity contribution is 0.0953. The average molecular weight is 450 g/mol. The molecule has 0 radical (unpaired) electrons. The van der Waals surface area contributed by atoms with Crippen LogP contribution >= 0.6 is 0 Å². The molecule has 1 saturated heterocycles. The van der Waals surface area contributed by atoms with Gasteiger partial charge in [0.2, 0.25) is 0 Å². The molecule has 5 heteroatoms. The average Bonchev–Trinajstić information content (AvgIpc) is 2.99. The maximum absolute atomic E-state index is 6.66. The van der Waals surface area contributed by atoms with E-state index in [1.165, 1.54) is 18.4 Å². The van der Waals surface area contributed by atoms with Crippen LogP contribution in [0.5, 0.6) is 0 Å². The van der Waals surface area contributed by atoms with Gasteiger partial charge in [-0.15, -0.1) is 0 Å². The third-order valence-electron chi connectivity index (χ3n) is 7.86. The normalized spacial score (nSPS) is 21.9. The highest BCUT2D eigenvalue weighted by Crippen LogP contribution is 2.39. The van der Waals surface area contributed by atoms with Gasteiger partial charge in [0.25, 0.3) is 0 Å². The molecule has 0 unspecified atom stereocenters. The first-order valence-electron chi connectivity index (χ1n) is 11.7. The van der Waals surface area contributed by atoms with Crippen LogP contribution in [0.25, 0.3) is 0 Å². The van der Waals surface area contributed by atoms with Crippen molar-refractivity contribution in [1.82, 2.24) is 4.90 Å². The van der Waals surface area contributed by atoms with E-state index in [0.717, 1.165) is 19.8 Å². The van der Waals surface area contributed by atoms with Crippen molar-refractivity contribution in [2.75, 3.05) is 13.2 Å². The first-order valence-corrected chi connectivity index (χ1v) is 17.5. The quantitative estimate of drug-likeness (QED) is 0.396. The Bertz CT molecular complexity index is 624. The molecule has 1 aromatic carbocycles. The van der Waals surface area contributed by atoms with Crippen molar-refractivity contribution in [2.45, 2.75) is 109 Å². The summed E-state index contributed by atoms with van der Waals surface area (Å²) in [5.74, 6) is 0. The molecular formula is C25H47NO2Si2. The molecule has 0 aliphatic carbocycles. The number of rotatable bonds is 8. The van der Waals surface area contributed by atoms with E-state index in [0.29, 0.717) is 12.1 Å². The highest BCUT2D eigenvalue weighted by atomic mass is 28.4. The fourth-order valence-electron chi connectivity index (χ4n) is 3.47. The van der Waals surface area contributed by atoms with Gasteiger partial charge in [0.15, 0.2) is 16.6 Å². The number of benzene rings is 1. The van der Waals surface area contributed by atoms with E-state index in [1.54, 1.807) is 0 Å². The Morgan fingerprint density at radius 3 is 1.53 bits per heavy atom. The SMILES string of the molecule is CC(C)(C)[Si](C)(C)OC[C@H]1CC[C@H](CO[Si](C)(C)C(C)(C)C)N1Cc1ccccc1. The molecule has 1 aromatic rings. The summed E-state index contributed by atoms with van der Waals surface area (Å²) in [6.45, 7) is 26.1. The van der Waals surface area contributed by atoms with Crippen LogP contribution in [0.1, 0.15) is 59.9 Å². The Balaban J connectivity index is 2.11. The monoisotopic (exact) mass is 449 g/mol. The molecule has 1 fully saturated rings. The summed E-state index contributed by atoms with van der Waals surface area (Å²) in [4.78, 5) is 2.68. The molecule has 1 aliphatic rings. The van der Waals surface area contributed by atoms with Gasteiger partial charge < -0.3 is 8.85 Å². The van der Waals surface area contributed by atoms with E-state index < -0.39 is 16.6 Å². The Labute approximate surface area is 188 Å². The molecule has 30 heavy (non-hydrogen) atoms. The maximum Gasteiger partial charge on any atom is 0.192 e. The topological polar surface area (TPSA) is 21.7 Å². The molecular weight excluding hydrogens is 402 g/mol. The van der Waals surface area contributed by atoms with E-state index in [4.69, 9.17) is 8.85 Å². The van der Waals surface area contributed by atoms with Crippen LogP contribution in [0.2, 0.25) is 36.3 Å². The molecule has 0 saturated carbocycles. The summed E-state index contributed by atoms with van der Waals surface area (Å²) in [7, 11) is -3.48. The van der Waals surface area contributed by atoms with Gasteiger partial charge in [-0.3, -0.25) is 4.90 Å². The van der Waals surface area contributed by atoms with Crippen LogP contribution in [-0.4, -0.2) is 46.8 Å². The van der Waals surface area contributed by atoms with Crippen LogP contribution in [0, 0.1) is 0 Å². The van der Waals surface area contributed by atoms with Crippen molar-refractivity contribution in [3.8, 4) is 0 Å². The highest BCUT2D eigenvalue weighted by molar-refractivity contribution is 6.74. The first-order chi connectivity index (χ1) is 13.6. The summed E-state index contributed by atoms with van der Waals surface area (Å²) < 4.78 is 13.3. The smallest absolute Gasteiger partial charge is 0.192 e. The lowest BCUT2D eigenvalue weighted by atomic mass is 10.2. The molecule has 172 valence electrons. The molecule has 1 heterocycles. The van der Waals surface area contributed by atoms with E-state index in [1.807, 2.05) is 0 Å². The zero-order chi connectivity index (χ0) is 22.8. The van der Waals surface area contributed by atoms with E-state index >= 15 is 0 Å². The lowest BCUT2D eigenvalue weighted by Gasteiger charge is -2.40. The second-order valence-electron chi connectivity index (χ2n) is 12.2. The Morgan fingerprint density at radius 1 is 0.767 bits per heavy atom. The number of nitrogens with zero attached hydrogens (tertiary/aromatic N) is 1. The third-order valence-corrected chi connectivity index (χ3v) is 16.9. The summed E-state index contributed by atoms with van der Waals surface area (Å²) >= 11 is 0. The van der Waals surface area contributed by atoms with Crippen LogP contribution in [0.4, 0.5) is 0 Å². The van der Waals surface area contributed by atoms with Gasteiger partial charge >= 0.3 is 0 Å². The predicted molar refractivity (Wildman–Crippen MR) is 135 cm³/mol. The van der Waals surface area contributed by atoms with E-state index in [-0.39, 0.29) is 10.1 Å². The van der Waals surface area contributed by atoms with Gasteiger partial charge in [0, 0.05) is 31.8 Å². The fraction of sp³-hybridized carbons (Fsp3) is 0.760. The molecule has 2 atom stereocenters. The van der Waals surface area contributed by atoms with Crippen molar-refractivity contribution in [3.63, 3.8) is 0 Å². The molecule has 0 bridgehead atoms. The number of likely N-dealkylation sites (tertiary alicyclic amines) is 1. The van der Waals surface area contributed by atoms with Crippen molar-refractivity contribution >= 4 is 16.6 Å². The number of hydrogen-bond acceptors (Lipinski definition) is 3. The standard InChI is InChI=1S/C25H47NO2Si2/c1-24(2,3)29(7,8)27-19-22-16-17-23(20-28-30(9,10)25(4,5)6)26(22)18-21-14-12-11-13-15-21/h11-15,22-23H,16-20H2,1-10H3/t22-,23-/m1/s1. The lowest BCUT2D eigenvalue weighted by Crippen LogP contribution is -2.48. The molecule has 0 spiro atoms. The van der Waals surface area contributed by atoms with Gasteiger partial charge in [-0.2, -0.15) is 0 Å². The van der Waals surface area contributed by atoms with E-state index in [2.05, 4.69) is 103 Å². The second kappa shape index (κ2) is 9.57. The van der Waals surface area contributed by atoms with Crippen LogP contribution in [0.3, 0.4) is 0 Å². The minimum atomic E-state index is -1.74. The van der Waals surface area contributed by atoms with Crippen molar-refractivity contribution < 1.29 is 8.85 Å². The maximum atomic E-state index is 6.66. The van der Waals surface area contributed by atoms with Gasteiger partial charge in [0.1, 0.15) is 0 Å².